The van der Waals surface area contributed by atoms with Gasteiger partial charge in [-0.3, -0.25) is 10.1 Å². The van der Waals surface area contributed by atoms with Crippen LogP contribution in [0, 0.1) is 28.4 Å². The van der Waals surface area contributed by atoms with Crippen molar-refractivity contribution >= 4 is 15.7 Å². The molecule has 0 aliphatic heterocycles. The number of nitro groups is 1. The van der Waals surface area contributed by atoms with Crippen LogP contribution in [-0.2, 0) is 10.0 Å². The first kappa shape index (κ1) is 12.1. The lowest BCUT2D eigenvalue weighted by molar-refractivity contribution is -0.385. The average molecular weight is 241 g/mol. The number of sulfonamides is 1. The molecule has 0 radical (unpaired) electrons. The fourth-order valence-corrected chi connectivity index (χ4v) is 2.01. The van der Waals surface area contributed by atoms with Gasteiger partial charge in [0.1, 0.15) is 11.6 Å². The average Bonchev–Trinajstić information content (AvgIpc) is 2.14. The Bertz CT molecular complexity index is 600. The van der Waals surface area contributed by atoms with Gasteiger partial charge in [0.2, 0.25) is 10.0 Å². The van der Waals surface area contributed by atoms with Gasteiger partial charge in [-0.25, -0.2) is 13.6 Å². The highest BCUT2D eigenvalue weighted by molar-refractivity contribution is 7.89. The molecule has 0 saturated carbocycles. The van der Waals surface area contributed by atoms with Crippen molar-refractivity contribution in [3.63, 3.8) is 0 Å². The minimum atomic E-state index is -4.03. The maximum atomic E-state index is 11.1. The largest absolute Gasteiger partial charge is 0.288 e. The topological polar surface area (TPSA) is 127 Å². The van der Waals surface area contributed by atoms with Crippen LogP contribution in [0.15, 0.2) is 17.0 Å². The lowest BCUT2D eigenvalue weighted by Crippen LogP contribution is -2.14. The molecule has 0 aliphatic rings. The summed E-state index contributed by atoms with van der Waals surface area (Å²) in [5.74, 6) is 0. The number of hydrogen-bond acceptors (Lipinski definition) is 5. The van der Waals surface area contributed by atoms with Crippen LogP contribution in [0.4, 0.5) is 5.69 Å². The minimum absolute atomic E-state index is 0.199. The molecule has 84 valence electrons. The second-order valence-corrected chi connectivity index (χ2v) is 4.58. The normalized spacial score (nSPS) is 10.8. The van der Waals surface area contributed by atoms with E-state index in [0.717, 1.165) is 12.1 Å². The molecule has 0 spiro atoms. The van der Waals surface area contributed by atoms with Crippen LogP contribution in [-0.4, -0.2) is 13.3 Å². The molecule has 7 nitrogen and oxygen atoms in total. The van der Waals surface area contributed by atoms with E-state index in [1.807, 2.05) is 0 Å². The standard InChI is InChI=1S/C8H7N3O4S/c1-5-2-6(4-9)7(11(12)13)3-8(5)16(10,14)15/h2-3H,1H3,(H2,10,14,15). The molecule has 8 heteroatoms. The molecule has 0 saturated heterocycles. The van der Waals surface area contributed by atoms with Crippen LogP contribution in [0.5, 0.6) is 0 Å². The molecule has 0 aromatic heterocycles. The zero-order chi connectivity index (χ0) is 12.5. The summed E-state index contributed by atoms with van der Waals surface area (Å²) in [6.45, 7) is 1.41. The first-order valence-electron chi connectivity index (χ1n) is 3.99. The Hall–Kier alpha value is -1.98. The molecular formula is C8H7N3O4S. The van der Waals surface area contributed by atoms with Crippen molar-refractivity contribution in [3.05, 3.63) is 33.4 Å². The van der Waals surface area contributed by atoms with Gasteiger partial charge in [0.15, 0.2) is 0 Å². The van der Waals surface area contributed by atoms with Gasteiger partial charge in [-0.15, -0.1) is 0 Å². The van der Waals surface area contributed by atoms with Crippen molar-refractivity contribution in [1.82, 2.24) is 0 Å². The van der Waals surface area contributed by atoms with Gasteiger partial charge in [-0.2, -0.15) is 5.26 Å². The number of nitriles is 1. The summed E-state index contributed by atoms with van der Waals surface area (Å²) in [6.07, 6.45) is 0. The molecule has 0 fully saturated rings. The van der Waals surface area contributed by atoms with Gasteiger partial charge in [0.25, 0.3) is 5.69 Å². The number of primary sulfonamides is 1. The zero-order valence-electron chi connectivity index (χ0n) is 8.17. The number of hydrogen-bond donors (Lipinski definition) is 1. The first-order chi connectivity index (χ1) is 7.27. The Balaban J connectivity index is 3.67. The molecule has 0 atom stereocenters. The fraction of sp³-hybridized carbons (Fsp3) is 0.125. The van der Waals surface area contributed by atoms with E-state index in [1.54, 1.807) is 6.07 Å². The highest BCUT2D eigenvalue weighted by Gasteiger charge is 2.21. The minimum Gasteiger partial charge on any atom is -0.258 e. The lowest BCUT2D eigenvalue weighted by Gasteiger charge is -2.03. The van der Waals surface area contributed by atoms with Gasteiger partial charge in [0.05, 0.1) is 9.82 Å². The van der Waals surface area contributed by atoms with Gasteiger partial charge < -0.3 is 0 Å². The number of nitrogens with zero attached hydrogens (tertiary/aromatic N) is 2. The second kappa shape index (κ2) is 3.88. The van der Waals surface area contributed by atoms with Crippen molar-refractivity contribution in [2.24, 2.45) is 5.14 Å². The molecule has 2 N–H and O–H groups in total. The van der Waals surface area contributed by atoms with Crippen molar-refractivity contribution < 1.29 is 13.3 Å². The summed E-state index contributed by atoms with van der Waals surface area (Å²) in [7, 11) is -4.03. The Kier molecular flexibility index (Phi) is 2.93. The number of aryl methyl sites for hydroxylation is 1. The van der Waals surface area contributed by atoms with Crippen LogP contribution in [0.1, 0.15) is 11.1 Å². The van der Waals surface area contributed by atoms with Gasteiger partial charge in [0, 0.05) is 6.07 Å². The highest BCUT2D eigenvalue weighted by Crippen LogP contribution is 2.25. The number of benzene rings is 1. The number of rotatable bonds is 2. The summed E-state index contributed by atoms with van der Waals surface area (Å²) in [6, 6.07) is 3.54. The molecule has 0 unspecified atom stereocenters. The Labute approximate surface area is 91.3 Å². The van der Waals surface area contributed by atoms with Crippen molar-refractivity contribution in [2.75, 3.05) is 0 Å². The lowest BCUT2D eigenvalue weighted by atomic mass is 10.1. The van der Waals surface area contributed by atoms with E-state index in [0.29, 0.717) is 0 Å². The van der Waals surface area contributed by atoms with Crippen LogP contribution >= 0.6 is 0 Å². The molecule has 0 bridgehead atoms. The summed E-state index contributed by atoms with van der Waals surface area (Å²) in [5, 5.41) is 24.1. The summed E-state index contributed by atoms with van der Waals surface area (Å²) < 4.78 is 22.2. The van der Waals surface area contributed by atoms with Crippen LogP contribution in [0.25, 0.3) is 0 Å². The first-order valence-corrected chi connectivity index (χ1v) is 5.54. The van der Waals surface area contributed by atoms with Crippen molar-refractivity contribution in [1.29, 1.82) is 5.26 Å². The quantitative estimate of drug-likeness (QED) is 0.592. The Morgan fingerprint density at radius 2 is 2.06 bits per heavy atom. The molecule has 0 amide bonds. The van der Waals surface area contributed by atoms with Crippen LogP contribution < -0.4 is 5.14 Å². The Morgan fingerprint density at radius 3 is 2.44 bits per heavy atom. The summed E-state index contributed by atoms with van der Waals surface area (Å²) in [4.78, 5) is 9.41. The third-order valence-electron chi connectivity index (χ3n) is 1.92. The third kappa shape index (κ3) is 2.16. The van der Waals surface area contributed by atoms with E-state index in [9.17, 15) is 18.5 Å². The number of nitrogens with two attached hydrogens (primary N) is 1. The zero-order valence-corrected chi connectivity index (χ0v) is 8.98. The predicted octanol–water partition coefficient (Wildman–Crippen LogP) is 0.422. The molecule has 0 aliphatic carbocycles. The molecule has 0 heterocycles. The monoisotopic (exact) mass is 241 g/mol. The molecular weight excluding hydrogens is 234 g/mol. The van der Waals surface area contributed by atoms with E-state index in [1.165, 1.54) is 6.92 Å². The van der Waals surface area contributed by atoms with Gasteiger partial charge >= 0.3 is 0 Å². The molecule has 1 aromatic carbocycles. The maximum absolute atomic E-state index is 11.1. The van der Waals surface area contributed by atoms with Gasteiger partial charge in [-0.05, 0) is 18.6 Å². The van der Waals surface area contributed by atoms with E-state index in [-0.39, 0.29) is 16.0 Å². The summed E-state index contributed by atoms with van der Waals surface area (Å²) >= 11 is 0. The van der Waals surface area contributed by atoms with E-state index in [4.69, 9.17) is 10.4 Å². The molecule has 1 rings (SSSR count). The molecule has 16 heavy (non-hydrogen) atoms. The van der Waals surface area contributed by atoms with Gasteiger partial charge in [-0.1, -0.05) is 0 Å². The maximum Gasteiger partial charge on any atom is 0.288 e. The second-order valence-electron chi connectivity index (χ2n) is 3.05. The third-order valence-corrected chi connectivity index (χ3v) is 2.97. The van der Waals surface area contributed by atoms with E-state index < -0.39 is 20.6 Å². The molecule has 1 aromatic rings. The predicted molar refractivity (Wildman–Crippen MR) is 53.9 cm³/mol. The summed E-state index contributed by atoms with van der Waals surface area (Å²) in [5.41, 5.74) is -0.573. The highest BCUT2D eigenvalue weighted by atomic mass is 32.2. The SMILES string of the molecule is Cc1cc(C#N)c([N+](=O)[O-])cc1S(N)(=O)=O. The van der Waals surface area contributed by atoms with Crippen LogP contribution in [0.2, 0.25) is 0 Å². The fourth-order valence-electron chi connectivity index (χ4n) is 1.22. The van der Waals surface area contributed by atoms with E-state index >= 15 is 0 Å². The van der Waals surface area contributed by atoms with Crippen molar-refractivity contribution in [2.45, 2.75) is 11.8 Å². The smallest absolute Gasteiger partial charge is 0.258 e. The van der Waals surface area contributed by atoms with E-state index in [2.05, 4.69) is 0 Å². The number of nitro benzene ring substituents is 1. The van der Waals surface area contributed by atoms with Crippen molar-refractivity contribution in [3.8, 4) is 6.07 Å². The van der Waals surface area contributed by atoms with Crippen LogP contribution in [0.3, 0.4) is 0 Å². The Morgan fingerprint density at radius 1 is 1.50 bits per heavy atom.